The van der Waals surface area contributed by atoms with Crippen molar-refractivity contribution in [3.63, 3.8) is 0 Å². The molecule has 0 unspecified atom stereocenters. The number of fused-ring (bicyclic) bond motifs is 1. The zero-order valence-electron chi connectivity index (χ0n) is 9.23. The second-order valence-electron chi connectivity index (χ2n) is 3.96. The smallest absolute Gasteiger partial charge is 0.407 e. The van der Waals surface area contributed by atoms with Gasteiger partial charge in [-0.15, -0.1) is 0 Å². The number of carbonyl (C=O) groups excluding carboxylic acids is 1. The number of carboxylic acid groups (broad SMARTS) is 1. The minimum atomic E-state index is -1.01. The summed E-state index contributed by atoms with van der Waals surface area (Å²) in [5.74, 6) is 4.54. The van der Waals surface area contributed by atoms with Gasteiger partial charge >= 0.3 is 6.09 Å². The van der Waals surface area contributed by atoms with Crippen LogP contribution >= 0.6 is 0 Å². The second-order valence-corrected chi connectivity index (χ2v) is 3.96. The number of nitrogens with one attached hydrogen (secondary N) is 2. The van der Waals surface area contributed by atoms with Gasteiger partial charge in [-0.3, -0.25) is 15.3 Å². The van der Waals surface area contributed by atoms with E-state index in [-0.39, 0.29) is 18.3 Å². The maximum atomic E-state index is 11.4. The highest BCUT2D eigenvalue weighted by atomic mass is 16.4. The standard InChI is InChI=1S/C9H13N5O3/c1-4-2-6-5(3-14(4)9(16)17)7(13-12-6)8(15)11-10/h4H,2-3,10H2,1H3,(H,11,15)(H,12,13)(H,16,17)/t4-/m1/s1. The van der Waals surface area contributed by atoms with Crippen molar-refractivity contribution in [3.8, 4) is 0 Å². The van der Waals surface area contributed by atoms with Crippen LogP contribution in [0.15, 0.2) is 0 Å². The fourth-order valence-corrected chi connectivity index (χ4v) is 1.97. The van der Waals surface area contributed by atoms with Crippen LogP contribution in [0.3, 0.4) is 0 Å². The summed E-state index contributed by atoms with van der Waals surface area (Å²) in [4.78, 5) is 23.7. The number of carbonyl (C=O) groups is 2. The van der Waals surface area contributed by atoms with Gasteiger partial charge in [-0.25, -0.2) is 10.6 Å². The number of hydrogen-bond acceptors (Lipinski definition) is 4. The summed E-state index contributed by atoms with van der Waals surface area (Å²) in [5.41, 5.74) is 3.53. The third-order valence-electron chi connectivity index (χ3n) is 2.91. The van der Waals surface area contributed by atoms with Crippen LogP contribution in [-0.2, 0) is 13.0 Å². The average molecular weight is 239 g/mol. The molecular weight excluding hydrogens is 226 g/mol. The molecule has 17 heavy (non-hydrogen) atoms. The molecule has 8 nitrogen and oxygen atoms in total. The SMILES string of the molecule is C[C@@H]1Cc2n[nH]c(C(=O)NN)c2CN1C(=O)O. The van der Waals surface area contributed by atoms with Gasteiger partial charge in [0.25, 0.3) is 5.91 Å². The summed E-state index contributed by atoms with van der Waals surface area (Å²) in [7, 11) is 0. The predicted octanol–water partition coefficient (Wildman–Crippen LogP) is -0.562. The summed E-state index contributed by atoms with van der Waals surface area (Å²) in [6, 6.07) is -0.155. The Kier molecular flexibility index (Phi) is 2.72. The molecule has 0 saturated carbocycles. The molecular formula is C9H13N5O3. The van der Waals surface area contributed by atoms with Gasteiger partial charge in [0.15, 0.2) is 0 Å². The molecule has 0 aromatic carbocycles. The van der Waals surface area contributed by atoms with E-state index in [1.807, 2.05) is 5.43 Å². The Balaban J connectivity index is 2.36. The molecule has 0 saturated heterocycles. The molecule has 92 valence electrons. The van der Waals surface area contributed by atoms with Crippen molar-refractivity contribution >= 4 is 12.0 Å². The van der Waals surface area contributed by atoms with Crippen LogP contribution < -0.4 is 11.3 Å². The van der Waals surface area contributed by atoms with E-state index < -0.39 is 12.0 Å². The molecule has 1 aromatic rings. The topological polar surface area (TPSA) is 124 Å². The number of nitrogens with two attached hydrogens (primary N) is 1. The first-order chi connectivity index (χ1) is 8.04. The number of aromatic amines is 1. The molecule has 1 aromatic heterocycles. The van der Waals surface area contributed by atoms with Crippen molar-refractivity contribution in [2.24, 2.45) is 5.84 Å². The summed E-state index contributed by atoms with van der Waals surface area (Å²) >= 11 is 0. The maximum absolute atomic E-state index is 11.4. The van der Waals surface area contributed by atoms with E-state index >= 15 is 0 Å². The van der Waals surface area contributed by atoms with E-state index in [1.165, 1.54) is 4.90 Å². The Morgan fingerprint density at radius 1 is 1.65 bits per heavy atom. The molecule has 1 aliphatic rings. The van der Waals surface area contributed by atoms with E-state index in [0.29, 0.717) is 17.7 Å². The normalized spacial score (nSPS) is 18.7. The number of aromatic nitrogens is 2. The number of hydrogen-bond donors (Lipinski definition) is 4. The lowest BCUT2D eigenvalue weighted by atomic mass is 10.00. The zero-order valence-corrected chi connectivity index (χ0v) is 9.23. The Morgan fingerprint density at radius 3 is 2.94 bits per heavy atom. The minimum Gasteiger partial charge on any atom is -0.465 e. The fourth-order valence-electron chi connectivity index (χ4n) is 1.97. The lowest BCUT2D eigenvalue weighted by molar-refractivity contribution is 0.0940. The van der Waals surface area contributed by atoms with E-state index in [4.69, 9.17) is 10.9 Å². The van der Waals surface area contributed by atoms with Crippen molar-refractivity contribution in [1.82, 2.24) is 20.5 Å². The first-order valence-electron chi connectivity index (χ1n) is 5.11. The van der Waals surface area contributed by atoms with Crippen LogP contribution in [0.2, 0.25) is 0 Å². The van der Waals surface area contributed by atoms with Gasteiger partial charge in [0.1, 0.15) is 5.69 Å². The van der Waals surface area contributed by atoms with Crippen LogP contribution in [0, 0.1) is 0 Å². The number of hydrazine groups is 1. The first-order valence-corrected chi connectivity index (χ1v) is 5.11. The summed E-state index contributed by atoms with van der Waals surface area (Å²) < 4.78 is 0. The maximum Gasteiger partial charge on any atom is 0.407 e. The molecule has 0 bridgehead atoms. The number of amides is 2. The molecule has 1 aliphatic heterocycles. The number of nitrogen functional groups attached to an aromatic ring is 1. The van der Waals surface area contributed by atoms with Crippen LogP contribution in [0.5, 0.6) is 0 Å². The average Bonchev–Trinajstić information content (AvgIpc) is 2.69. The van der Waals surface area contributed by atoms with E-state index in [2.05, 4.69) is 10.2 Å². The van der Waals surface area contributed by atoms with Gasteiger partial charge in [0.05, 0.1) is 12.2 Å². The van der Waals surface area contributed by atoms with Crippen LogP contribution in [-0.4, -0.2) is 38.2 Å². The number of H-pyrrole nitrogens is 1. The molecule has 1 atom stereocenters. The van der Waals surface area contributed by atoms with Crippen LogP contribution in [0.4, 0.5) is 4.79 Å². The van der Waals surface area contributed by atoms with Gasteiger partial charge in [0, 0.05) is 18.0 Å². The zero-order chi connectivity index (χ0) is 12.6. The van der Waals surface area contributed by atoms with Crippen molar-refractivity contribution in [3.05, 3.63) is 17.0 Å². The van der Waals surface area contributed by atoms with Gasteiger partial charge in [0.2, 0.25) is 0 Å². The van der Waals surface area contributed by atoms with Crippen molar-refractivity contribution in [2.75, 3.05) is 0 Å². The predicted molar refractivity (Wildman–Crippen MR) is 57.0 cm³/mol. The summed E-state index contributed by atoms with van der Waals surface area (Å²) in [6.45, 7) is 1.94. The van der Waals surface area contributed by atoms with Gasteiger partial charge in [-0.1, -0.05) is 0 Å². The Bertz CT molecular complexity index is 469. The molecule has 2 rings (SSSR count). The quantitative estimate of drug-likeness (QED) is 0.297. The van der Waals surface area contributed by atoms with Gasteiger partial charge < -0.3 is 10.0 Å². The molecule has 2 heterocycles. The lowest BCUT2D eigenvalue weighted by Crippen LogP contribution is -2.42. The summed E-state index contributed by atoms with van der Waals surface area (Å²) in [6.07, 6.45) is -0.529. The van der Waals surface area contributed by atoms with Crippen molar-refractivity contribution in [1.29, 1.82) is 0 Å². The number of rotatable bonds is 1. The second kappa shape index (κ2) is 4.06. The third kappa shape index (κ3) is 1.82. The molecule has 0 spiro atoms. The highest BCUT2D eigenvalue weighted by molar-refractivity contribution is 5.93. The Morgan fingerprint density at radius 2 is 2.35 bits per heavy atom. The molecule has 0 radical (unpaired) electrons. The molecule has 0 fully saturated rings. The molecule has 0 aliphatic carbocycles. The number of nitrogens with zero attached hydrogens (tertiary/aromatic N) is 2. The highest BCUT2D eigenvalue weighted by Crippen LogP contribution is 2.24. The van der Waals surface area contributed by atoms with E-state index in [1.54, 1.807) is 6.92 Å². The van der Waals surface area contributed by atoms with Crippen LogP contribution in [0.1, 0.15) is 28.7 Å². The van der Waals surface area contributed by atoms with Gasteiger partial charge in [-0.2, -0.15) is 5.10 Å². The summed E-state index contributed by atoms with van der Waals surface area (Å²) in [5, 5.41) is 15.6. The van der Waals surface area contributed by atoms with Crippen molar-refractivity contribution in [2.45, 2.75) is 25.9 Å². The largest absolute Gasteiger partial charge is 0.465 e. The van der Waals surface area contributed by atoms with Crippen LogP contribution in [0.25, 0.3) is 0 Å². The monoisotopic (exact) mass is 239 g/mol. The Labute approximate surface area is 96.7 Å². The molecule has 8 heteroatoms. The highest BCUT2D eigenvalue weighted by Gasteiger charge is 2.31. The third-order valence-corrected chi connectivity index (χ3v) is 2.91. The molecule has 5 N–H and O–H groups in total. The minimum absolute atomic E-state index is 0.144. The molecule has 2 amide bonds. The van der Waals surface area contributed by atoms with Gasteiger partial charge in [-0.05, 0) is 6.92 Å². The Hall–Kier alpha value is -2.09. The lowest BCUT2D eigenvalue weighted by Gasteiger charge is -2.30. The van der Waals surface area contributed by atoms with E-state index in [9.17, 15) is 9.59 Å². The van der Waals surface area contributed by atoms with Crippen molar-refractivity contribution < 1.29 is 14.7 Å². The van der Waals surface area contributed by atoms with E-state index in [0.717, 1.165) is 0 Å². The fraction of sp³-hybridized carbons (Fsp3) is 0.444. The first kappa shape index (κ1) is 11.4.